The summed E-state index contributed by atoms with van der Waals surface area (Å²) in [5, 5.41) is 10.00. The van der Waals surface area contributed by atoms with Crippen LogP contribution in [0.4, 0.5) is 13.2 Å². The molecular formula is C24H13F3O3S3. The highest BCUT2D eigenvalue weighted by atomic mass is 32.2. The zero-order valence-corrected chi connectivity index (χ0v) is 19.3. The molecule has 33 heavy (non-hydrogen) atoms. The number of alkyl halides is 3. The van der Waals surface area contributed by atoms with Crippen LogP contribution in [0.5, 0.6) is 5.75 Å². The van der Waals surface area contributed by atoms with Gasteiger partial charge in [0.05, 0.1) is 0 Å². The van der Waals surface area contributed by atoms with Crippen molar-refractivity contribution in [2.24, 2.45) is 0 Å². The number of benzene rings is 4. The van der Waals surface area contributed by atoms with Gasteiger partial charge in [0.1, 0.15) is 0 Å². The predicted molar refractivity (Wildman–Crippen MR) is 130 cm³/mol. The van der Waals surface area contributed by atoms with Crippen LogP contribution in [0.15, 0.2) is 59.3 Å². The van der Waals surface area contributed by atoms with Gasteiger partial charge in [0.2, 0.25) is 0 Å². The van der Waals surface area contributed by atoms with Gasteiger partial charge in [-0.25, -0.2) is 0 Å². The fourth-order valence-corrected chi connectivity index (χ4v) is 6.90. The average molecular weight is 503 g/mol. The quantitative estimate of drug-likeness (QED) is 0.136. The topological polar surface area (TPSA) is 43.4 Å². The van der Waals surface area contributed by atoms with E-state index in [1.807, 2.05) is 60.1 Å². The molecule has 166 valence electrons. The third-order valence-corrected chi connectivity index (χ3v) is 8.74. The summed E-state index contributed by atoms with van der Waals surface area (Å²) in [6, 6.07) is 14.9. The van der Waals surface area contributed by atoms with Crippen LogP contribution >= 0.6 is 22.7 Å². The molecule has 0 aliphatic carbocycles. The van der Waals surface area contributed by atoms with Crippen molar-refractivity contribution in [3.8, 4) is 5.75 Å². The van der Waals surface area contributed by atoms with Crippen LogP contribution in [-0.4, -0.2) is 13.9 Å². The van der Waals surface area contributed by atoms with Gasteiger partial charge in [-0.2, -0.15) is 21.6 Å². The van der Waals surface area contributed by atoms with Crippen LogP contribution < -0.4 is 4.18 Å². The summed E-state index contributed by atoms with van der Waals surface area (Å²) < 4.78 is 70.2. The van der Waals surface area contributed by atoms with Crippen LogP contribution in [0.1, 0.15) is 5.56 Å². The second-order valence-electron chi connectivity index (χ2n) is 7.80. The minimum absolute atomic E-state index is 0.320. The van der Waals surface area contributed by atoms with Crippen LogP contribution in [0, 0.1) is 6.92 Å². The lowest BCUT2D eigenvalue weighted by Crippen LogP contribution is -2.28. The van der Waals surface area contributed by atoms with Crippen molar-refractivity contribution in [3.63, 3.8) is 0 Å². The van der Waals surface area contributed by atoms with E-state index in [4.69, 9.17) is 4.18 Å². The molecule has 2 heterocycles. The molecule has 0 radical (unpaired) electrons. The maximum Gasteiger partial charge on any atom is 0.534 e. The Morgan fingerprint density at radius 1 is 0.758 bits per heavy atom. The second kappa shape index (κ2) is 6.82. The third-order valence-electron chi connectivity index (χ3n) is 5.87. The molecule has 0 aliphatic rings. The van der Waals surface area contributed by atoms with E-state index in [1.54, 1.807) is 11.3 Å². The number of halogens is 3. The summed E-state index contributed by atoms with van der Waals surface area (Å²) in [5.74, 6) is -0.320. The Kier molecular flexibility index (Phi) is 4.28. The number of hydrogen-bond donors (Lipinski definition) is 0. The fraction of sp³-hybridized carbons (Fsp3) is 0.0833. The first-order chi connectivity index (χ1) is 15.7. The normalized spacial score (nSPS) is 13.1. The molecule has 0 aliphatic heterocycles. The average Bonchev–Trinajstić information content (AvgIpc) is 3.42. The Balaban J connectivity index is 1.82. The largest absolute Gasteiger partial charge is 0.534 e. The summed E-state index contributed by atoms with van der Waals surface area (Å²) in [6.07, 6.45) is 0. The Labute approximate surface area is 193 Å². The van der Waals surface area contributed by atoms with Crippen LogP contribution in [-0.2, 0) is 10.1 Å². The molecule has 3 nitrogen and oxygen atoms in total. The molecule has 0 bridgehead atoms. The predicted octanol–water partition coefficient (Wildman–Crippen LogP) is 8.11. The van der Waals surface area contributed by atoms with E-state index in [-0.39, 0.29) is 5.75 Å². The number of fused-ring (bicyclic) bond motifs is 9. The zero-order valence-electron chi connectivity index (χ0n) is 16.9. The van der Waals surface area contributed by atoms with Gasteiger partial charge in [-0.1, -0.05) is 30.3 Å². The van der Waals surface area contributed by atoms with Gasteiger partial charge in [-0.15, -0.1) is 22.7 Å². The summed E-state index contributed by atoms with van der Waals surface area (Å²) >= 11 is 2.92. The molecule has 0 N–H and O–H groups in total. The monoisotopic (exact) mass is 502 g/mol. The van der Waals surface area contributed by atoms with Crippen molar-refractivity contribution in [1.82, 2.24) is 0 Å². The van der Waals surface area contributed by atoms with Gasteiger partial charge in [-0.05, 0) is 73.8 Å². The van der Waals surface area contributed by atoms with Crippen LogP contribution in [0.3, 0.4) is 0 Å². The Bertz CT molecular complexity index is 1860. The molecule has 2 aromatic heterocycles. The molecule has 0 saturated carbocycles. The summed E-state index contributed by atoms with van der Waals surface area (Å²) in [7, 11) is -5.84. The molecule has 6 aromatic rings. The number of aryl methyl sites for hydroxylation is 1. The molecule has 4 aromatic carbocycles. The molecule has 9 heteroatoms. The summed E-state index contributed by atoms with van der Waals surface area (Å²) in [4.78, 5) is 0. The van der Waals surface area contributed by atoms with E-state index in [9.17, 15) is 21.6 Å². The van der Waals surface area contributed by atoms with Crippen LogP contribution in [0.2, 0.25) is 0 Å². The zero-order chi connectivity index (χ0) is 23.1. The summed E-state index contributed by atoms with van der Waals surface area (Å²) in [6.45, 7) is 2.01. The fourth-order valence-electron chi connectivity index (χ4n) is 4.47. The van der Waals surface area contributed by atoms with Crippen molar-refractivity contribution in [3.05, 3.63) is 64.9 Å². The molecular weight excluding hydrogens is 489 g/mol. The lowest BCUT2D eigenvalue weighted by molar-refractivity contribution is -0.0499. The number of hydrogen-bond acceptors (Lipinski definition) is 5. The van der Waals surface area contributed by atoms with E-state index >= 15 is 0 Å². The second-order valence-corrected chi connectivity index (χ2v) is 11.2. The van der Waals surface area contributed by atoms with Crippen molar-refractivity contribution < 1.29 is 25.8 Å². The maximum absolute atomic E-state index is 13.2. The SMILES string of the molecule is Cc1cc2c(cc(OS(=O)(=O)C(F)(F)F)c3c2ccc2ccsc23)c2ccc3ccsc3c12. The van der Waals surface area contributed by atoms with Crippen molar-refractivity contribution in [1.29, 1.82) is 0 Å². The standard InChI is InChI=1S/C24H13F3O3S3/c1-12-10-17-16-5-3-14-7-9-32-23(14)21(16)19(30-33(28,29)24(25,26)27)11-18(17)15-4-2-13-6-8-31-22(13)20(12)15/h2-11H,1H3. The first kappa shape index (κ1) is 20.7. The Morgan fingerprint density at radius 2 is 1.30 bits per heavy atom. The number of thiophene rings is 2. The lowest BCUT2D eigenvalue weighted by Gasteiger charge is -2.16. The molecule has 0 atom stereocenters. The highest BCUT2D eigenvalue weighted by Crippen LogP contribution is 2.45. The van der Waals surface area contributed by atoms with E-state index in [1.165, 1.54) is 17.4 Å². The lowest BCUT2D eigenvalue weighted by atomic mass is 9.93. The van der Waals surface area contributed by atoms with E-state index in [0.29, 0.717) is 20.9 Å². The number of rotatable bonds is 2. The minimum Gasteiger partial charge on any atom is -0.375 e. The first-order valence-electron chi connectivity index (χ1n) is 9.82. The highest BCUT2D eigenvalue weighted by molar-refractivity contribution is 7.88. The minimum atomic E-state index is -5.84. The third kappa shape index (κ3) is 2.96. The summed E-state index contributed by atoms with van der Waals surface area (Å²) in [5.41, 5.74) is -4.49. The van der Waals surface area contributed by atoms with Crippen molar-refractivity contribution in [2.75, 3.05) is 0 Å². The van der Waals surface area contributed by atoms with Gasteiger partial charge in [0.15, 0.2) is 5.75 Å². The molecule has 6 rings (SSSR count). The Morgan fingerprint density at radius 3 is 1.91 bits per heavy atom. The van der Waals surface area contributed by atoms with Gasteiger partial charge >= 0.3 is 15.6 Å². The van der Waals surface area contributed by atoms with Gasteiger partial charge in [0.25, 0.3) is 0 Å². The van der Waals surface area contributed by atoms with Gasteiger partial charge in [-0.3, -0.25) is 0 Å². The maximum atomic E-state index is 13.2. The first-order valence-corrected chi connectivity index (χ1v) is 13.0. The van der Waals surface area contributed by atoms with E-state index < -0.39 is 15.6 Å². The van der Waals surface area contributed by atoms with E-state index in [2.05, 4.69) is 0 Å². The van der Waals surface area contributed by atoms with Crippen molar-refractivity contribution in [2.45, 2.75) is 12.4 Å². The molecule has 0 amide bonds. The van der Waals surface area contributed by atoms with Gasteiger partial charge < -0.3 is 4.18 Å². The molecule has 0 saturated heterocycles. The van der Waals surface area contributed by atoms with E-state index in [0.717, 1.165) is 37.2 Å². The Hall–Kier alpha value is -2.88. The van der Waals surface area contributed by atoms with Crippen molar-refractivity contribution >= 4 is 85.3 Å². The molecule has 0 unspecified atom stereocenters. The highest BCUT2D eigenvalue weighted by Gasteiger charge is 2.48. The molecule has 0 fully saturated rings. The smallest absolute Gasteiger partial charge is 0.375 e. The molecule has 0 spiro atoms. The van der Waals surface area contributed by atoms with Crippen LogP contribution in [0.25, 0.3) is 52.5 Å². The van der Waals surface area contributed by atoms with Gasteiger partial charge in [0, 0.05) is 20.2 Å².